The first kappa shape index (κ1) is 17.1. The van der Waals surface area contributed by atoms with Crippen molar-refractivity contribution in [2.75, 3.05) is 26.4 Å². The van der Waals surface area contributed by atoms with Gasteiger partial charge in [0.15, 0.2) is 0 Å². The smallest absolute Gasteiger partial charge is 0.251 e. The Labute approximate surface area is 124 Å². The standard InChI is InChI=1S/C15H22N2O4/c1-12(14(19)16-8-5-10-21-11-9-18)17-15(20)13-6-3-2-4-7-13/h2-4,6-7,12,18H,5,8-11H2,1H3,(H,16,19)(H,17,20). The maximum atomic E-state index is 11.9. The second kappa shape index (κ2) is 9.90. The maximum Gasteiger partial charge on any atom is 0.251 e. The Bertz CT molecular complexity index is 437. The van der Waals surface area contributed by atoms with E-state index in [4.69, 9.17) is 9.84 Å². The molecule has 0 fully saturated rings. The second-order valence-corrected chi connectivity index (χ2v) is 4.54. The summed E-state index contributed by atoms with van der Waals surface area (Å²) < 4.78 is 5.08. The first-order valence-corrected chi connectivity index (χ1v) is 6.97. The fourth-order valence-corrected chi connectivity index (χ4v) is 1.64. The van der Waals surface area contributed by atoms with Gasteiger partial charge in [0.05, 0.1) is 13.2 Å². The van der Waals surface area contributed by atoms with Crippen molar-refractivity contribution in [2.45, 2.75) is 19.4 Å². The molecule has 0 heterocycles. The minimum absolute atomic E-state index is 0.00505. The molecule has 21 heavy (non-hydrogen) atoms. The van der Waals surface area contributed by atoms with Crippen LogP contribution in [-0.4, -0.2) is 49.3 Å². The van der Waals surface area contributed by atoms with Crippen LogP contribution in [-0.2, 0) is 9.53 Å². The van der Waals surface area contributed by atoms with Crippen LogP contribution >= 0.6 is 0 Å². The minimum atomic E-state index is -0.601. The summed E-state index contributed by atoms with van der Waals surface area (Å²) in [6.45, 7) is 2.88. The molecule has 1 rings (SSSR count). The lowest BCUT2D eigenvalue weighted by molar-refractivity contribution is -0.122. The molecule has 3 N–H and O–H groups in total. The van der Waals surface area contributed by atoms with Gasteiger partial charge >= 0.3 is 0 Å². The van der Waals surface area contributed by atoms with Gasteiger partial charge in [0.25, 0.3) is 5.91 Å². The Balaban J connectivity index is 2.23. The molecule has 6 nitrogen and oxygen atoms in total. The Hall–Kier alpha value is -1.92. The Kier molecular flexibility index (Phi) is 8.08. The molecule has 2 amide bonds. The summed E-state index contributed by atoms with van der Waals surface area (Å²) in [6, 6.07) is 8.15. The predicted molar refractivity (Wildman–Crippen MR) is 78.9 cm³/mol. The number of ether oxygens (including phenoxy) is 1. The number of carbonyl (C=O) groups is 2. The fourth-order valence-electron chi connectivity index (χ4n) is 1.64. The maximum absolute atomic E-state index is 11.9. The van der Waals surface area contributed by atoms with Crippen LogP contribution in [0.25, 0.3) is 0 Å². The van der Waals surface area contributed by atoms with Gasteiger partial charge in [-0.25, -0.2) is 0 Å². The lowest BCUT2D eigenvalue weighted by Crippen LogP contribution is -2.45. The van der Waals surface area contributed by atoms with Gasteiger partial charge in [-0.1, -0.05) is 18.2 Å². The van der Waals surface area contributed by atoms with Crippen LogP contribution in [0, 0.1) is 0 Å². The molecule has 1 aromatic carbocycles. The number of amides is 2. The molecule has 0 aliphatic heterocycles. The number of nitrogens with one attached hydrogen (secondary N) is 2. The molecule has 0 spiro atoms. The third-order valence-electron chi connectivity index (χ3n) is 2.78. The summed E-state index contributed by atoms with van der Waals surface area (Å²) in [6.07, 6.45) is 0.658. The number of aliphatic hydroxyl groups is 1. The van der Waals surface area contributed by atoms with E-state index in [9.17, 15) is 9.59 Å². The van der Waals surface area contributed by atoms with E-state index < -0.39 is 6.04 Å². The zero-order chi connectivity index (χ0) is 15.5. The van der Waals surface area contributed by atoms with Crippen molar-refractivity contribution < 1.29 is 19.4 Å². The van der Waals surface area contributed by atoms with E-state index in [-0.39, 0.29) is 18.4 Å². The molecule has 1 unspecified atom stereocenters. The van der Waals surface area contributed by atoms with Crippen LogP contribution in [0.3, 0.4) is 0 Å². The summed E-state index contributed by atoms with van der Waals surface area (Å²) >= 11 is 0. The molecule has 0 aromatic heterocycles. The van der Waals surface area contributed by atoms with E-state index in [1.165, 1.54) is 0 Å². The van der Waals surface area contributed by atoms with Gasteiger partial charge in [-0.15, -0.1) is 0 Å². The fraction of sp³-hybridized carbons (Fsp3) is 0.467. The van der Waals surface area contributed by atoms with Gasteiger partial charge in [-0.2, -0.15) is 0 Å². The van der Waals surface area contributed by atoms with Crippen LogP contribution < -0.4 is 10.6 Å². The zero-order valence-electron chi connectivity index (χ0n) is 12.2. The summed E-state index contributed by atoms with van der Waals surface area (Å²) in [5.41, 5.74) is 0.523. The van der Waals surface area contributed by atoms with Crippen LogP contribution in [0.5, 0.6) is 0 Å². The largest absolute Gasteiger partial charge is 0.394 e. The van der Waals surface area contributed by atoms with Crippen molar-refractivity contribution in [1.82, 2.24) is 10.6 Å². The van der Waals surface area contributed by atoms with E-state index in [0.717, 1.165) is 0 Å². The van der Waals surface area contributed by atoms with Gasteiger partial charge in [-0.05, 0) is 25.5 Å². The molecule has 0 aliphatic carbocycles. The van der Waals surface area contributed by atoms with Gasteiger partial charge < -0.3 is 20.5 Å². The van der Waals surface area contributed by atoms with Crippen molar-refractivity contribution in [2.24, 2.45) is 0 Å². The highest BCUT2D eigenvalue weighted by molar-refractivity contribution is 5.97. The molecular weight excluding hydrogens is 272 g/mol. The summed E-state index contributed by atoms with van der Waals surface area (Å²) in [7, 11) is 0. The van der Waals surface area contributed by atoms with Gasteiger partial charge in [0, 0.05) is 18.7 Å². The molecule has 1 aromatic rings. The number of aliphatic hydroxyl groups excluding tert-OH is 1. The molecule has 6 heteroatoms. The molecular formula is C15H22N2O4. The van der Waals surface area contributed by atoms with Crippen molar-refractivity contribution in [3.63, 3.8) is 0 Å². The van der Waals surface area contributed by atoms with Gasteiger partial charge in [0.1, 0.15) is 6.04 Å². The van der Waals surface area contributed by atoms with E-state index in [2.05, 4.69) is 10.6 Å². The number of hydrogen-bond acceptors (Lipinski definition) is 4. The molecule has 0 aliphatic rings. The Morgan fingerprint density at radius 2 is 1.95 bits per heavy atom. The second-order valence-electron chi connectivity index (χ2n) is 4.54. The third-order valence-corrected chi connectivity index (χ3v) is 2.78. The highest BCUT2D eigenvalue weighted by Gasteiger charge is 2.15. The lowest BCUT2D eigenvalue weighted by Gasteiger charge is -2.14. The first-order valence-electron chi connectivity index (χ1n) is 6.97. The van der Waals surface area contributed by atoms with E-state index >= 15 is 0 Å². The van der Waals surface area contributed by atoms with E-state index in [1.807, 2.05) is 6.07 Å². The van der Waals surface area contributed by atoms with Crippen molar-refractivity contribution >= 4 is 11.8 Å². The average Bonchev–Trinajstić information content (AvgIpc) is 2.51. The highest BCUT2D eigenvalue weighted by Crippen LogP contribution is 1.98. The van der Waals surface area contributed by atoms with Crippen molar-refractivity contribution in [3.8, 4) is 0 Å². The van der Waals surface area contributed by atoms with Crippen LogP contribution in [0.4, 0.5) is 0 Å². The summed E-state index contributed by atoms with van der Waals surface area (Å²) in [5, 5.41) is 13.9. The SMILES string of the molecule is CC(NC(=O)c1ccccc1)C(=O)NCCCOCCO. The van der Waals surface area contributed by atoms with Crippen molar-refractivity contribution in [3.05, 3.63) is 35.9 Å². The molecule has 0 saturated carbocycles. The summed E-state index contributed by atoms with van der Waals surface area (Å²) in [4.78, 5) is 23.7. The number of carbonyl (C=O) groups excluding carboxylic acids is 2. The minimum Gasteiger partial charge on any atom is -0.394 e. The number of rotatable bonds is 9. The monoisotopic (exact) mass is 294 g/mol. The lowest BCUT2D eigenvalue weighted by atomic mass is 10.2. The quantitative estimate of drug-likeness (QED) is 0.572. The predicted octanol–water partition coefficient (Wildman–Crippen LogP) is 0.320. The third kappa shape index (κ3) is 6.87. The number of benzene rings is 1. The van der Waals surface area contributed by atoms with Gasteiger partial charge in [0.2, 0.25) is 5.91 Å². The average molecular weight is 294 g/mol. The normalized spacial score (nSPS) is 11.7. The molecule has 1 atom stereocenters. The molecule has 116 valence electrons. The zero-order valence-corrected chi connectivity index (χ0v) is 12.2. The number of hydrogen-bond donors (Lipinski definition) is 3. The summed E-state index contributed by atoms with van der Waals surface area (Å²) in [5.74, 6) is -0.508. The van der Waals surface area contributed by atoms with E-state index in [1.54, 1.807) is 31.2 Å². The highest BCUT2D eigenvalue weighted by atomic mass is 16.5. The van der Waals surface area contributed by atoms with Crippen molar-refractivity contribution in [1.29, 1.82) is 0 Å². The Morgan fingerprint density at radius 1 is 1.24 bits per heavy atom. The Morgan fingerprint density at radius 3 is 2.62 bits per heavy atom. The van der Waals surface area contributed by atoms with E-state index in [0.29, 0.717) is 31.7 Å². The van der Waals surface area contributed by atoms with Crippen LogP contribution in [0.1, 0.15) is 23.7 Å². The molecule has 0 radical (unpaired) electrons. The topological polar surface area (TPSA) is 87.7 Å². The molecule has 0 bridgehead atoms. The first-order chi connectivity index (χ1) is 10.1. The van der Waals surface area contributed by atoms with Crippen LogP contribution in [0.2, 0.25) is 0 Å². The van der Waals surface area contributed by atoms with Gasteiger partial charge in [-0.3, -0.25) is 9.59 Å². The van der Waals surface area contributed by atoms with Crippen LogP contribution in [0.15, 0.2) is 30.3 Å². The molecule has 0 saturated heterocycles.